The Labute approximate surface area is 120 Å². The van der Waals surface area contributed by atoms with Gasteiger partial charge in [-0.1, -0.05) is 42.8 Å². The first kappa shape index (κ1) is 13.4. The maximum atomic E-state index is 12.4. The van der Waals surface area contributed by atoms with Gasteiger partial charge in [0, 0.05) is 12.6 Å². The first-order valence-electron chi connectivity index (χ1n) is 7.54. The standard InChI is InChI=1S/C17H22N2O/c18-16-10-4-7-13(16)11-19-17(20)15-9-3-6-12-5-1-2-8-14(12)15/h1-3,5-6,8,13,15-16H,4,7,9-11,18H2,(H,19,20). The second-order valence-electron chi connectivity index (χ2n) is 5.92. The van der Waals surface area contributed by atoms with Crippen LogP contribution in [-0.2, 0) is 4.79 Å². The zero-order chi connectivity index (χ0) is 13.9. The monoisotopic (exact) mass is 270 g/mol. The summed E-state index contributed by atoms with van der Waals surface area (Å²) in [6, 6.07) is 8.41. The molecule has 1 aromatic rings. The van der Waals surface area contributed by atoms with Crippen molar-refractivity contribution in [2.75, 3.05) is 6.54 Å². The van der Waals surface area contributed by atoms with Crippen LogP contribution in [-0.4, -0.2) is 18.5 Å². The van der Waals surface area contributed by atoms with E-state index < -0.39 is 0 Å². The van der Waals surface area contributed by atoms with Crippen LogP contribution in [0.5, 0.6) is 0 Å². The summed E-state index contributed by atoms with van der Waals surface area (Å²) in [5, 5.41) is 3.11. The molecule has 3 atom stereocenters. The summed E-state index contributed by atoms with van der Waals surface area (Å²) in [4.78, 5) is 12.4. The minimum Gasteiger partial charge on any atom is -0.355 e. The highest BCUT2D eigenvalue weighted by Crippen LogP contribution is 2.30. The van der Waals surface area contributed by atoms with Crippen LogP contribution < -0.4 is 11.1 Å². The lowest BCUT2D eigenvalue weighted by atomic mass is 9.86. The maximum absolute atomic E-state index is 12.4. The van der Waals surface area contributed by atoms with Crippen molar-refractivity contribution in [1.82, 2.24) is 5.32 Å². The summed E-state index contributed by atoms with van der Waals surface area (Å²) in [5.74, 6) is 0.544. The van der Waals surface area contributed by atoms with Crippen molar-refractivity contribution < 1.29 is 4.79 Å². The number of nitrogens with one attached hydrogen (secondary N) is 1. The lowest BCUT2D eigenvalue weighted by Gasteiger charge is -2.23. The molecule has 0 radical (unpaired) electrons. The van der Waals surface area contributed by atoms with Crippen LogP contribution in [0.3, 0.4) is 0 Å². The molecule has 1 fully saturated rings. The number of amides is 1. The molecular weight excluding hydrogens is 248 g/mol. The van der Waals surface area contributed by atoms with Crippen LogP contribution >= 0.6 is 0 Å². The Kier molecular flexibility index (Phi) is 3.88. The number of carbonyl (C=O) groups excluding carboxylic acids is 1. The smallest absolute Gasteiger partial charge is 0.227 e. The highest BCUT2D eigenvalue weighted by Gasteiger charge is 2.27. The lowest BCUT2D eigenvalue weighted by molar-refractivity contribution is -0.122. The fourth-order valence-electron chi connectivity index (χ4n) is 3.36. The van der Waals surface area contributed by atoms with Crippen LogP contribution in [0.1, 0.15) is 42.7 Å². The third-order valence-corrected chi connectivity index (χ3v) is 4.61. The van der Waals surface area contributed by atoms with Crippen LogP contribution in [0.15, 0.2) is 30.3 Å². The Hall–Kier alpha value is -1.61. The molecule has 0 aliphatic heterocycles. The van der Waals surface area contributed by atoms with E-state index >= 15 is 0 Å². The molecule has 0 heterocycles. The molecule has 0 spiro atoms. The normalized spacial score (nSPS) is 28.1. The van der Waals surface area contributed by atoms with Gasteiger partial charge in [0.2, 0.25) is 5.91 Å². The van der Waals surface area contributed by atoms with Crippen LogP contribution in [0.4, 0.5) is 0 Å². The van der Waals surface area contributed by atoms with E-state index in [1.165, 1.54) is 6.42 Å². The van der Waals surface area contributed by atoms with Gasteiger partial charge < -0.3 is 11.1 Å². The van der Waals surface area contributed by atoms with Crippen molar-refractivity contribution in [2.24, 2.45) is 11.7 Å². The quantitative estimate of drug-likeness (QED) is 0.886. The second-order valence-corrected chi connectivity index (χ2v) is 5.92. The molecular formula is C17H22N2O. The van der Waals surface area contributed by atoms with Gasteiger partial charge in [0.15, 0.2) is 0 Å². The summed E-state index contributed by atoms with van der Waals surface area (Å²) in [6.45, 7) is 0.725. The predicted molar refractivity (Wildman–Crippen MR) is 81.2 cm³/mol. The summed E-state index contributed by atoms with van der Waals surface area (Å²) in [5.41, 5.74) is 8.36. The molecule has 3 heteroatoms. The number of hydrogen-bond acceptors (Lipinski definition) is 2. The zero-order valence-electron chi connectivity index (χ0n) is 11.7. The highest BCUT2D eigenvalue weighted by molar-refractivity contribution is 5.86. The Morgan fingerprint density at radius 3 is 2.95 bits per heavy atom. The lowest BCUT2D eigenvalue weighted by Crippen LogP contribution is -2.38. The molecule has 106 valence electrons. The van der Waals surface area contributed by atoms with Gasteiger partial charge in [0.1, 0.15) is 0 Å². The van der Waals surface area contributed by atoms with Gasteiger partial charge in [0.25, 0.3) is 0 Å². The number of fused-ring (bicyclic) bond motifs is 1. The molecule has 3 unspecified atom stereocenters. The third-order valence-electron chi connectivity index (χ3n) is 4.61. The molecule has 0 aromatic heterocycles. The van der Waals surface area contributed by atoms with Crippen molar-refractivity contribution in [3.63, 3.8) is 0 Å². The second kappa shape index (κ2) is 5.80. The molecule has 20 heavy (non-hydrogen) atoms. The summed E-state index contributed by atoms with van der Waals surface area (Å²) in [6.07, 6.45) is 8.41. The van der Waals surface area contributed by atoms with E-state index in [4.69, 9.17) is 5.73 Å². The molecule has 1 aromatic carbocycles. The Morgan fingerprint density at radius 1 is 1.30 bits per heavy atom. The number of rotatable bonds is 3. The van der Waals surface area contributed by atoms with Crippen LogP contribution in [0, 0.1) is 5.92 Å². The van der Waals surface area contributed by atoms with Gasteiger partial charge in [0.05, 0.1) is 5.92 Å². The minimum absolute atomic E-state index is 0.0474. The predicted octanol–water partition coefficient (Wildman–Crippen LogP) is 2.43. The molecule has 3 nitrogen and oxygen atoms in total. The summed E-state index contributed by atoms with van der Waals surface area (Å²) < 4.78 is 0. The average Bonchev–Trinajstić information content (AvgIpc) is 2.89. The number of hydrogen-bond donors (Lipinski definition) is 2. The first-order valence-corrected chi connectivity index (χ1v) is 7.54. The molecule has 3 N–H and O–H groups in total. The molecule has 3 rings (SSSR count). The van der Waals surface area contributed by atoms with Gasteiger partial charge in [-0.15, -0.1) is 0 Å². The van der Waals surface area contributed by atoms with Crippen molar-refractivity contribution >= 4 is 12.0 Å². The van der Waals surface area contributed by atoms with Crippen LogP contribution in [0.2, 0.25) is 0 Å². The highest BCUT2D eigenvalue weighted by atomic mass is 16.1. The van der Waals surface area contributed by atoms with Gasteiger partial charge >= 0.3 is 0 Å². The SMILES string of the molecule is NC1CCCC1CNC(=O)C1CC=Cc2ccccc21. The van der Waals surface area contributed by atoms with Crippen molar-refractivity contribution in [2.45, 2.75) is 37.6 Å². The Bertz CT molecular complexity index is 523. The van der Waals surface area contributed by atoms with E-state index in [1.807, 2.05) is 12.1 Å². The fourth-order valence-corrected chi connectivity index (χ4v) is 3.36. The summed E-state index contributed by atoms with van der Waals surface area (Å²) >= 11 is 0. The number of benzene rings is 1. The first-order chi connectivity index (χ1) is 9.75. The average molecular weight is 270 g/mol. The molecule has 2 aliphatic rings. The molecule has 1 amide bonds. The topological polar surface area (TPSA) is 55.1 Å². The third kappa shape index (κ3) is 2.63. The largest absolute Gasteiger partial charge is 0.355 e. The van der Waals surface area contributed by atoms with Crippen molar-refractivity contribution in [3.05, 3.63) is 41.5 Å². The van der Waals surface area contributed by atoms with Gasteiger partial charge in [-0.3, -0.25) is 4.79 Å². The van der Waals surface area contributed by atoms with E-state index in [9.17, 15) is 4.79 Å². The van der Waals surface area contributed by atoms with E-state index in [1.54, 1.807) is 0 Å². The fraction of sp³-hybridized carbons (Fsp3) is 0.471. The van der Waals surface area contributed by atoms with Gasteiger partial charge in [-0.2, -0.15) is 0 Å². The molecule has 1 saturated carbocycles. The van der Waals surface area contributed by atoms with Gasteiger partial charge in [-0.25, -0.2) is 0 Å². The zero-order valence-corrected chi connectivity index (χ0v) is 11.7. The van der Waals surface area contributed by atoms with E-state index in [-0.39, 0.29) is 17.9 Å². The van der Waals surface area contributed by atoms with E-state index in [0.717, 1.165) is 36.9 Å². The minimum atomic E-state index is -0.0474. The van der Waals surface area contributed by atoms with Gasteiger partial charge in [-0.05, 0) is 36.3 Å². The maximum Gasteiger partial charge on any atom is 0.227 e. The van der Waals surface area contributed by atoms with Crippen molar-refractivity contribution in [3.8, 4) is 0 Å². The number of carbonyl (C=O) groups is 1. The van der Waals surface area contributed by atoms with E-state index in [0.29, 0.717) is 5.92 Å². The molecule has 0 bridgehead atoms. The molecule has 0 saturated heterocycles. The number of allylic oxidation sites excluding steroid dienone is 1. The Morgan fingerprint density at radius 2 is 2.15 bits per heavy atom. The number of nitrogens with two attached hydrogens (primary N) is 1. The molecule has 2 aliphatic carbocycles. The Balaban J connectivity index is 1.64. The summed E-state index contributed by atoms with van der Waals surface area (Å²) in [7, 11) is 0. The van der Waals surface area contributed by atoms with Crippen LogP contribution in [0.25, 0.3) is 6.08 Å². The van der Waals surface area contributed by atoms with Crippen molar-refractivity contribution in [1.29, 1.82) is 0 Å². The van der Waals surface area contributed by atoms with E-state index in [2.05, 4.69) is 29.6 Å².